The van der Waals surface area contributed by atoms with Gasteiger partial charge in [0.05, 0.1) is 11.4 Å². The Morgan fingerprint density at radius 1 is 1.16 bits per heavy atom. The Balaban J connectivity index is 1.78. The zero-order valence-corrected chi connectivity index (χ0v) is 16.3. The van der Waals surface area contributed by atoms with Gasteiger partial charge in [0.2, 0.25) is 15.9 Å². The standard InChI is InChI=1S/C18H19BrN2O3S/c1-20(25(23,24)16-10-8-15(19)9-11-16)13-18(22)21-12-4-6-14-5-2-3-7-17(14)21/h2-3,5,7-11H,4,6,12-13H2,1H3. The lowest BCUT2D eigenvalue weighted by Crippen LogP contribution is -2.43. The molecule has 7 heteroatoms. The molecule has 0 fully saturated rings. The van der Waals surface area contributed by atoms with Gasteiger partial charge in [-0.3, -0.25) is 4.79 Å². The summed E-state index contributed by atoms with van der Waals surface area (Å²) in [5, 5.41) is 0. The summed E-state index contributed by atoms with van der Waals surface area (Å²) in [6.07, 6.45) is 1.82. The van der Waals surface area contributed by atoms with Crippen LogP contribution in [0.25, 0.3) is 0 Å². The molecule has 0 saturated heterocycles. The van der Waals surface area contributed by atoms with Crippen molar-refractivity contribution >= 4 is 37.5 Å². The van der Waals surface area contributed by atoms with E-state index >= 15 is 0 Å². The van der Waals surface area contributed by atoms with E-state index in [0.29, 0.717) is 6.54 Å². The van der Waals surface area contributed by atoms with Crippen molar-refractivity contribution < 1.29 is 13.2 Å². The highest BCUT2D eigenvalue weighted by molar-refractivity contribution is 9.10. The van der Waals surface area contributed by atoms with Crippen molar-refractivity contribution in [2.75, 3.05) is 25.0 Å². The van der Waals surface area contributed by atoms with Crippen LogP contribution >= 0.6 is 15.9 Å². The number of hydrogen-bond acceptors (Lipinski definition) is 3. The average molecular weight is 423 g/mol. The number of fused-ring (bicyclic) bond motifs is 1. The first-order valence-corrected chi connectivity index (χ1v) is 10.2. The molecule has 1 aliphatic rings. The third-order valence-electron chi connectivity index (χ3n) is 4.29. The number of likely N-dealkylation sites (N-methyl/N-ethyl adjacent to an activating group) is 1. The van der Waals surface area contributed by atoms with Gasteiger partial charge in [0.25, 0.3) is 0 Å². The van der Waals surface area contributed by atoms with Crippen LogP contribution in [0.1, 0.15) is 12.0 Å². The van der Waals surface area contributed by atoms with E-state index in [0.717, 1.165) is 32.9 Å². The van der Waals surface area contributed by atoms with Crippen LogP contribution in [-0.4, -0.2) is 38.8 Å². The highest BCUT2D eigenvalue weighted by Gasteiger charge is 2.27. The Labute approximate surface area is 156 Å². The van der Waals surface area contributed by atoms with E-state index in [2.05, 4.69) is 15.9 Å². The summed E-state index contributed by atoms with van der Waals surface area (Å²) in [5.74, 6) is -0.213. The van der Waals surface area contributed by atoms with Gasteiger partial charge >= 0.3 is 0 Å². The van der Waals surface area contributed by atoms with Gasteiger partial charge in [0.1, 0.15) is 0 Å². The molecule has 0 spiro atoms. The largest absolute Gasteiger partial charge is 0.311 e. The third-order valence-corrected chi connectivity index (χ3v) is 6.64. The maximum atomic E-state index is 12.7. The van der Waals surface area contributed by atoms with Gasteiger partial charge in [-0.05, 0) is 48.7 Å². The fourth-order valence-corrected chi connectivity index (χ4v) is 4.32. The van der Waals surface area contributed by atoms with Crippen molar-refractivity contribution in [3.63, 3.8) is 0 Å². The minimum Gasteiger partial charge on any atom is -0.311 e. The molecule has 0 aliphatic carbocycles. The second kappa shape index (κ2) is 7.27. The van der Waals surface area contributed by atoms with Crippen LogP contribution in [0.5, 0.6) is 0 Å². The van der Waals surface area contributed by atoms with Gasteiger partial charge in [0.15, 0.2) is 0 Å². The molecule has 1 aliphatic heterocycles. The van der Waals surface area contributed by atoms with Crippen molar-refractivity contribution in [2.24, 2.45) is 0 Å². The molecule has 132 valence electrons. The lowest BCUT2D eigenvalue weighted by atomic mass is 10.0. The number of rotatable bonds is 4. The number of sulfonamides is 1. The number of hydrogen-bond donors (Lipinski definition) is 0. The van der Waals surface area contributed by atoms with Crippen LogP contribution in [0.4, 0.5) is 5.69 Å². The molecule has 0 unspecified atom stereocenters. The second-order valence-electron chi connectivity index (χ2n) is 5.99. The number of anilines is 1. The van der Waals surface area contributed by atoms with Gasteiger partial charge in [-0.15, -0.1) is 0 Å². The molecule has 1 heterocycles. The van der Waals surface area contributed by atoms with Crippen molar-refractivity contribution in [1.29, 1.82) is 0 Å². The molecule has 0 saturated carbocycles. The second-order valence-corrected chi connectivity index (χ2v) is 8.95. The molecule has 0 bridgehead atoms. The summed E-state index contributed by atoms with van der Waals surface area (Å²) in [6, 6.07) is 14.2. The van der Waals surface area contributed by atoms with Crippen molar-refractivity contribution in [3.05, 3.63) is 58.6 Å². The van der Waals surface area contributed by atoms with E-state index in [1.165, 1.54) is 19.2 Å². The summed E-state index contributed by atoms with van der Waals surface area (Å²) < 4.78 is 27.2. The van der Waals surface area contributed by atoms with Gasteiger partial charge < -0.3 is 4.90 Å². The van der Waals surface area contributed by atoms with Gasteiger partial charge in [-0.1, -0.05) is 34.1 Å². The Morgan fingerprint density at radius 3 is 2.56 bits per heavy atom. The van der Waals surface area contributed by atoms with Crippen LogP contribution in [0.15, 0.2) is 57.9 Å². The van der Waals surface area contributed by atoms with E-state index in [1.807, 2.05) is 24.3 Å². The number of benzene rings is 2. The first-order chi connectivity index (χ1) is 11.9. The molecule has 0 aromatic heterocycles. The summed E-state index contributed by atoms with van der Waals surface area (Å²) in [4.78, 5) is 14.6. The zero-order valence-electron chi connectivity index (χ0n) is 13.9. The first kappa shape index (κ1) is 18.1. The summed E-state index contributed by atoms with van der Waals surface area (Å²) in [5.41, 5.74) is 2.01. The molecule has 0 atom stereocenters. The zero-order chi connectivity index (χ0) is 18.0. The third kappa shape index (κ3) is 3.78. The molecule has 2 aromatic carbocycles. The fraction of sp³-hybridized carbons (Fsp3) is 0.278. The maximum absolute atomic E-state index is 12.7. The van der Waals surface area contributed by atoms with Crippen LogP contribution in [0, 0.1) is 0 Å². The minimum atomic E-state index is -3.70. The maximum Gasteiger partial charge on any atom is 0.243 e. The van der Waals surface area contributed by atoms with Crippen molar-refractivity contribution in [3.8, 4) is 0 Å². The Bertz CT molecular complexity index is 881. The molecular weight excluding hydrogens is 404 g/mol. The minimum absolute atomic E-state index is 0.171. The van der Waals surface area contributed by atoms with Crippen molar-refractivity contribution in [1.82, 2.24) is 4.31 Å². The van der Waals surface area contributed by atoms with E-state index in [-0.39, 0.29) is 17.3 Å². The number of carbonyl (C=O) groups is 1. The predicted molar refractivity (Wildman–Crippen MR) is 101 cm³/mol. The average Bonchev–Trinajstić information content (AvgIpc) is 2.61. The van der Waals surface area contributed by atoms with Crippen LogP contribution < -0.4 is 4.90 Å². The van der Waals surface area contributed by atoms with Gasteiger partial charge in [0, 0.05) is 23.8 Å². The molecule has 1 amide bonds. The fourth-order valence-electron chi connectivity index (χ4n) is 2.94. The predicted octanol–water partition coefficient (Wildman–Crippen LogP) is 3.05. The SMILES string of the molecule is CN(CC(=O)N1CCCc2ccccc21)S(=O)(=O)c1ccc(Br)cc1. The monoisotopic (exact) mass is 422 g/mol. The van der Waals surface area contributed by atoms with Crippen molar-refractivity contribution in [2.45, 2.75) is 17.7 Å². The van der Waals surface area contributed by atoms with E-state index in [1.54, 1.807) is 17.0 Å². The Hall–Kier alpha value is -1.70. The number of carbonyl (C=O) groups excluding carboxylic acids is 1. The molecule has 0 radical (unpaired) electrons. The van der Waals surface area contributed by atoms with Crippen LogP contribution in [0.3, 0.4) is 0 Å². The lowest BCUT2D eigenvalue weighted by Gasteiger charge is -2.30. The number of amides is 1. The normalized spacial score (nSPS) is 14.4. The number of aryl methyl sites for hydroxylation is 1. The van der Waals surface area contributed by atoms with E-state index < -0.39 is 10.0 Å². The molecule has 2 aromatic rings. The van der Waals surface area contributed by atoms with Crippen LogP contribution in [0.2, 0.25) is 0 Å². The van der Waals surface area contributed by atoms with Gasteiger partial charge in [-0.2, -0.15) is 4.31 Å². The Kier molecular flexibility index (Phi) is 5.27. The van der Waals surface area contributed by atoms with E-state index in [4.69, 9.17) is 0 Å². The summed E-state index contributed by atoms with van der Waals surface area (Å²) in [6.45, 7) is 0.425. The first-order valence-electron chi connectivity index (χ1n) is 8.00. The number of nitrogens with zero attached hydrogens (tertiary/aromatic N) is 2. The molecule has 0 N–H and O–H groups in total. The smallest absolute Gasteiger partial charge is 0.243 e. The Morgan fingerprint density at radius 2 is 1.84 bits per heavy atom. The lowest BCUT2D eigenvalue weighted by molar-refractivity contribution is -0.118. The molecule has 25 heavy (non-hydrogen) atoms. The summed E-state index contributed by atoms with van der Waals surface area (Å²) >= 11 is 3.29. The summed E-state index contributed by atoms with van der Waals surface area (Å²) in [7, 11) is -2.27. The molecule has 5 nitrogen and oxygen atoms in total. The van der Waals surface area contributed by atoms with E-state index in [9.17, 15) is 13.2 Å². The van der Waals surface area contributed by atoms with Crippen LogP contribution in [-0.2, 0) is 21.2 Å². The van der Waals surface area contributed by atoms with Gasteiger partial charge in [-0.25, -0.2) is 8.42 Å². The highest BCUT2D eigenvalue weighted by Crippen LogP contribution is 2.27. The highest BCUT2D eigenvalue weighted by atomic mass is 79.9. The molecular formula is C18H19BrN2O3S. The number of halogens is 1. The quantitative estimate of drug-likeness (QED) is 0.760. The molecule has 3 rings (SSSR count). The number of para-hydroxylation sites is 1. The topological polar surface area (TPSA) is 57.7 Å².